The number of sulfonamides is 1. The Kier molecular flexibility index (Phi) is 7.07. The molecular formula is C19H22N2O7S. The molecule has 0 aliphatic rings. The van der Waals surface area contributed by atoms with Crippen molar-refractivity contribution in [3.05, 3.63) is 70.3 Å². The highest BCUT2D eigenvalue weighted by atomic mass is 32.2. The molecule has 0 saturated heterocycles. The Bertz CT molecular complexity index is 970. The molecule has 0 bridgehead atoms. The Morgan fingerprint density at radius 3 is 2.24 bits per heavy atom. The maximum Gasteiger partial charge on any atom is 0.334 e. The van der Waals surface area contributed by atoms with E-state index in [-0.39, 0.29) is 6.54 Å². The van der Waals surface area contributed by atoms with Crippen molar-refractivity contribution in [2.24, 2.45) is 0 Å². The van der Waals surface area contributed by atoms with Crippen LogP contribution in [0.5, 0.6) is 0 Å². The molecular weight excluding hydrogens is 400 g/mol. The molecule has 0 fully saturated rings. The van der Waals surface area contributed by atoms with Crippen LogP contribution in [0.15, 0.2) is 59.5 Å². The number of hydrogen-bond acceptors (Lipinski definition) is 7. The van der Waals surface area contributed by atoms with Crippen LogP contribution >= 0.6 is 0 Å². The minimum atomic E-state index is -4.45. The van der Waals surface area contributed by atoms with Crippen LogP contribution in [0.2, 0.25) is 0 Å². The van der Waals surface area contributed by atoms with Crippen LogP contribution in [-0.2, 0) is 30.9 Å². The molecule has 156 valence electrons. The number of para-hydroxylation sites is 1. The topological polar surface area (TPSA) is 116 Å². The molecule has 0 radical (unpaired) electrons. The first-order chi connectivity index (χ1) is 13.5. The molecule has 0 atom stereocenters. The van der Waals surface area contributed by atoms with Gasteiger partial charge in [-0.05, 0) is 32.4 Å². The van der Waals surface area contributed by atoms with E-state index in [2.05, 4.69) is 0 Å². The molecule has 0 N–H and O–H groups in total. The molecule has 0 amide bonds. The monoisotopic (exact) mass is 422 g/mol. The molecule has 0 aliphatic heterocycles. The molecule has 0 unspecified atom stereocenters. The second-order valence-electron chi connectivity index (χ2n) is 7.04. The Balaban J connectivity index is 2.36. The number of nitro groups is 1. The molecule has 0 aliphatic carbocycles. The van der Waals surface area contributed by atoms with Crippen LogP contribution in [0.3, 0.4) is 0 Å². The molecule has 29 heavy (non-hydrogen) atoms. The third-order valence-electron chi connectivity index (χ3n) is 3.51. The number of rotatable bonds is 8. The van der Waals surface area contributed by atoms with E-state index >= 15 is 0 Å². The van der Waals surface area contributed by atoms with Gasteiger partial charge in [-0.3, -0.25) is 15.0 Å². The summed E-state index contributed by atoms with van der Waals surface area (Å²) in [5.74, 6) is -0.770. The van der Waals surface area contributed by atoms with Crippen LogP contribution in [0.1, 0.15) is 26.3 Å². The summed E-state index contributed by atoms with van der Waals surface area (Å²) in [6.07, 6.45) is 0. The van der Waals surface area contributed by atoms with Gasteiger partial charge in [0.2, 0.25) is 0 Å². The average molecular weight is 422 g/mol. The second-order valence-corrected chi connectivity index (χ2v) is 8.83. The predicted octanol–water partition coefficient (Wildman–Crippen LogP) is 3.06. The van der Waals surface area contributed by atoms with E-state index in [1.54, 1.807) is 51.1 Å². The first-order valence-corrected chi connectivity index (χ1v) is 10.1. The smallest absolute Gasteiger partial charge is 0.334 e. The number of hydroxylamine groups is 1. The number of nitro benzene ring substituents is 1. The van der Waals surface area contributed by atoms with Gasteiger partial charge in [-0.2, -0.15) is 0 Å². The zero-order valence-electron chi connectivity index (χ0n) is 16.3. The van der Waals surface area contributed by atoms with E-state index in [0.29, 0.717) is 10.0 Å². The third-order valence-corrected chi connectivity index (χ3v) is 5.18. The van der Waals surface area contributed by atoms with Gasteiger partial charge in [-0.25, -0.2) is 13.2 Å². The van der Waals surface area contributed by atoms with Crippen LogP contribution in [-0.4, -0.2) is 36.0 Å². The lowest BCUT2D eigenvalue weighted by Crippen LogP contribution is -2.35. The zero-order chi connectivity index (χ0) is 21.7. The Morgan fingerprint density at radius 2 is 1.66 bits per heavy atom. The fourth-order valence-electron chi connectivity index (χ4n) is 2.36. The van der Waals surface area contributed by atoms with Crippen LogP contribution in [0.25, 0.3) is 0 Å². The summed E-state index contributed by atoms with van der Waals surface area (Å²) in [6, 6.07) is 13.4. The summed E-state index contributed by atoms with van der Waals surface area (Å²) < 4.78 is 31.9. The van der Waals surface area contributed by atoms with Crippen molar-refractivity contribution < 1.29 is 27.7 Å². The van der Waals surface area contributed by atoms with E-state index in [9.17, 15) is 23.3 Å². The lowest BCUT2D eigenvalue weighted by molar-refractivity contribution is -0.387. The number of ether oxygens (including phenoxy) is 1. The van der Waals surface area contributed by atoms with E-state index in [4.69, 9.17) is 9.57 Å². The first kappa shape index (κ1) is 22.5. The molecule has 2 rings (SSSR count). The summed E-state index contributed by atoms with van der Waals surface area (Å²) in [7, 11) is -4.45. The van der Waals surface area contributed by atoms with Crippen molar-refractivity contribution in [2.45, 2.75) is 37.8 Å². The van der Waals surface area contributed by atoms with Crippen molar-refractivity contribution in [2.75, 3.05) is 6.61 Å². The lowest BCUT2D eigenvalue weighted by Gasteiger charge is -2.23. The fourth-order valence-corrected chi connectivity index (χ4v) is 3.75. The van der Waals surface area contributed by atoms with Crippen molar-refractivity contribution in [3.63, 3.8) is 0 Å². The second kappa shape index (κ2) is 9.12. The average Bonchev–Trinajstić information content (AvgIpc) is 2.64. The highest BCUT2D eigenvalue weighted by Gasteiger charge is 2.33. The number of hydrogen-bond donors (Lipinski definition) is 0. The summed E-state index contributed by atoms with van der Waals surface area (Å²) in [5.41, 5.74) is -0.799. The number of nitrogens with zero attached hydrogens (tertiary/aromatic N) is 2. The third kappa shape index (κ3) is 6.34. The van der Waals surface area contributed by atoms with Crippen molar-refractivity contribution >= 4 is 21.7 Å². The molecule has 9 nitrogen and oxygen atoms in total. The molecule has 0 heterocycles. The van der Waals surface area contributed by atoms with Gasteiger partial charge in [0, 0.05) is 6.07 Å². The number of benzene rings is 2. The SMILES string of the molecule is CC(C)(C)OC(=O)CON(Cc1ccccc1)S(=O)(=O)c1ccccc1[N+](=O)[O-]. The summed E-state index contributed by atoms with van der Waals surface area (Å²) in [4.78, 5) is 27.2. The van der Waals surface area contributed by atoms with E-state index in [0.717, 1.165) is 12.1 Å². The highest BCUT2D eigenvalue weighted by Crippen LogP contribution is 2.27. The molecule has 0 aromatic heterocycles. The fraction of sp³-hybridized carbons (Fsp3) is 0.316. The first-order valence-electron chi connectivity index (χ1n) is 8.65. The van der Waals surface area contributed by atoms with E-state index in [1.807, 2.05) is 0 Å². The number of carbonyl (C=O) groups excluding carboxylic acids is 1. The van der Waals surface area contributed by atoms with Crippen molar-refractivity contribution in [1.82, 2.24) is 4.47 Å². The largest absolute Gasteiger partial charge is 0.458 e. The zero-order valence-corrected chi connectivity index (χ0v) is 17.1. The summed E-state index contributed by atoms with van der Waals surface area (Å²) >= 11 is 0. The molecule has 0 spiro atoms. The molecule has 0 saturated carbocycles. The summed E-state index contributed by atoms with van der Waals surface area (Å²) in [5, 5.41) is 11.3. The number of carbonyl (C=O) groups is 1. The molecule has 10 heteroatoms. The van der Waals surface area contributed by atoms with Gasteiger partial charge in [0.05, 0.1) is 11.5 Å². The number of esters is 1. The van der Waals surface area contributed by atoms with Gasteiger partial charge in [-0.1, -0.05) is 46.9 Å². The van der Waals surface area contributed by atoms with Crippen LogP contribution < -0.4 is 0 Å². The van der Waals surface area contributed by atoms with Crippen molar-refractivity contribution in [3.8, 4) is 0 Å². The van der Waals surface area contributed by atoms with E-state index in [1.165, 1.54) is 12.1 Å². The predicted molar refractivity (Wildman–Crippen MR) is 104 cm³/mol. The maximum absolute atomic E-state index is 13.1. The molecule has 2 aromatic carbocycles. The van der Waals surface area contributed by atoms with Gasteiger partial charge in [0.1, 0.15) is 5.60 Å². The van der Waals surface area contributed by atoms with Gasteiger partial charge < -0.3 is 4.74 Å². The highest BCUT2D eigenvalue weighted by molar-refractivity contribution is 7.89. The minimum Gasteiger partial charge on any atom is -0.458 e. The summed E-state index contributed by atoms with van der Waals surface area (Å²) in [6.45, 7) is 4.06. The van der Waals surface area contributed by atoms with Crippen LogP contribution in [0, 0.1) is 10.1 Å². The quantitative estimate of drug-likeness (QED) is 0.365. The van der Waals surface area contributed by atoms with Crippen molar-refractivity contribution in [1.29, 1.82) is 0 Å². The van der Waals surface area contributed by atoms with Crippen LogP contribution in [0.4, 0.5) is 5.69 Å². The Hall–Kier alpha value is -2.82. The Labute approximate surface area is 169 Å². The normalized spacial score (nSPS) is 12.0. The molecule has 2 aromatic rings. The maximum atomic E-state index is 13.1. The van der Waals surface area contributed by atoms with E-state index < -0.39 is 43.7 Å². The van der Waals surface area contributed by atoms with Gasteiger partial charge >= 0.3 is 5.97 Å². The van der Waals surface area contributed by atoms with Gasteiger partial charge in [0.25, 0.3) is 15.7 Å². The Morgan fingerprint density at radius 1 is 1.07 bits per heavy atom. The lowest BCUT2D eigenvalue weighted by atomic mass is 10.2. The standard InChI is InChI=1S/C19H22N2O7S/c1-19(2,3)28-18(22)14-27-20(13-15-9-5-4-6-10-15)29(25,26)17-12-8-7-11-16(17)21(23)24/h4-12H,13-14H2,1-3H3. The van der Waals surface area contributed by atoms with Gasteiger partial charge in [-0.15, -0.1) is 0 Å². The van der Waals surface area contributed by atoms with Gasteiger partial charge in [0.15, 0.2) is 11.5 Å². The minimum absolute atomic E-state index is 0.252.